The molecule has 0 atom stereocenters. The summed E-state index contributed by atoms with van der Waals surface area (Å²) in [4.78, 5) is 3.25. The van der Waals surface area contributed by atoms with Crippen LogP contribution in [-0.4, -0.2) is 23.1 Å². The van der Waals surface area contributed by atoms with E-state index in [0.717, 1.165) is 6.07 Å². The lowest BCUT2D eigenvalue weighted by Gasteiger charge is -2.07. The molecule has 17 heavy (non-hydrogen) atoms. The summed E-state index contributed by atoms with van der Waals surface area (Å²) in [6.07, 6.45) is 1.24. The first kappa shape index (κ1) is 12.4. The maximum absolute atomic E-state index is 11.2. The van der Waals surface area contributed by atoms with Crippen molar-refractivity contribution in [1.82, 2.24) is 4.98 Å². The molecular weight excluding hydrogens is 289 g/mol. The van der Waals surface area contributed by atoms with Gasteiger partial charge >= 0.3 is 0 Å². The Bertz CT molecular complexity index is 714. The Labute approximate surface area is 106 Å². The van der Waals surface area contributed by atoms with Crippen molar-refractivity contribution in [3.8, 4) is 5.75 Å². The highest BCUT2D eigenvalue weighted by Crippen LogP contribution is 2.36. The minimum atomic E-state index is -4.54. The van der Waals surface area contributed by atoms with Crippen molar-refractivity contribution < 1.29 is 18.1 Å². The van der Waals surface area contributed by atoms with Crippen LogP contribution in [0.3, 0.4) is 0 Å². The highest BCUT2D eigenvalue weighted by molar-refractivity contribution is 7.86. The maximum atomic E-state index is 11.2. The molecule has 0 saturated carbocycles. The van der Waals surface area contributed by atoms with Crippen molar-refractivity contribution in [1.29, 1.82) is 0 Å². The van der Waals surface area contributed by atoms with Gasteiger partial charge in [0, 0.05) is 17.6 Å². The summed E-state index contributed by atoms with van der Waals surface area (Å²) in [5.41, 5.74) is -0.00794. The van der Waals surface area contributed by atoms with Gasteiger partial charge in [0.15, 0.2) is 0 Å². The number of phenols is 1. The fourth-order valence-electron chi connectivity index (χ4n) is 1.46. The van der Waals surface area contributed by atoms with Crippen molar-refractivity contribution in [3.05, 3.63) is 28.4 Å². The van der Waals surface area contributed by atoms with Crippen molar-refractivity contribution in [2.75, 3.05) is 0 Å². The van der Waals surface area contributed by atoms with Gasteiger partial charge in [0.2, 0.25) is 0 Å². The number of nitrogens with zero attached hydrogens (tertiary/aromatic N) is 1. The number of fused-ring (bicyclic) bond motifs is 1. The highest BCUT2D eigenvalue weighted by Gasteiger charge is 2.21. The van der Waals surface area contributed by atoms with Crippen molar-refractivity contribution in [2.24, 2.45) is 0 Å². The molecule has 2 rings (SSSR count). The normalized spacial score (nSPS) is 11.9. The first-order chi connectivity index (χ1) is 7.80. The summed E-state index contributed by atoms with van der Waals surface area (Å²) in [6, 6.07) is 2.24. The van der Waals surface area contributed by atoms with Crippen LogP contribution in [0.25, 0.3) is 10.9 Å². The first-order valence-corrected chi connectivity index (χ1v) is 6.44. The van der Waals surface area contributed by atoms with E-state index >= 15 is 0 Å². The molecule has 0 spiro atoms. The Balaban J connectivity index is 3.06. The summed E-state index contributed by atoms with van der Waals surface area (Å²) < 4.78 is 31.5. The van der Waals surface area contributed by atoms with Gasteiger partial charge in [-0.3, -0.25) is 9.54 Å². The number of halogens is 2. The number of phenolic OH excluding ortho intramolecular Hbond substituents is 1. The third kappa shape index (κ3) is 2.16. The van der Waals surface area contributed by atoms with Gasteiger partial charge in [-0.1, -0.05) is 23.2 Å². The van der Waals surface area contributed by atoms with Gasteiger partial charge in [0.25, 0.3) is 10.1 Å². The minimum Gasteiger partial charge on any atom is -0.506 e. The van der Waals surface area contributed by atoms with Crippen LogP contribution in [-0.2, 0) is 10.1 Å². The molecule has 0 fully saturated rings. The standard InChI is InChI=1S/C9H5Cl2NO4S/c10-4-1-5-8(12-3-4)7(13)2-6(11)9(5)17(14,15)16/h1-3,13H,(H,14,15,16). The molecule has 1 aromatic heterocycles. The van der Waals surface area contributed by atoms with Gasteiger partial charge < -0.3 is 5.11 Å². The zero-order valence-electron chi connectivity index (χ0n) is 8.05. The molecule has 0 aliphatic heterocycles. The number of hydrogen-bond acceptors (Lipinski definition) is 4. The van der Waals surface area contributed by atoms with E-state index in [0.29, 0.717) is 0 Å². The molecule has 1 heterocycles. The molecule has 0 aliphatic rings. The van der Waals surface area contributed by atoms with Gasteiger partial charge in [0.05, 0.1) is 10.0 Å². The molecule has 0 unspecified atom stereocenters. The molecule has 2 N–H and O–H groups in total. The Morgan fingerprint density at radius 1 is 1.24 bits per heavy atom. The summed E-state index contributed by atoms with van der Waals surface area (Å²) in [5, 5.41) is 9.38. The third-order valence-corrected chi connectivity index (χ3v) is 3.65. The minimum absolute atomic E-state index is 0.00794. The van der Waals surface area contributed by atoms with E-state index in [-0.39, 0.29) is 26.7 Å². The van der Waals surface area contributed by atoms with Crippen LogP contribution >= 0.6 is 23.2 Å². The number of hydrogen-bond donors (Lipinski definition) is 2. The van der Waals surface area contributed by atoms with Crippen LogP contribution in [0.5, 0.6) is 5.75 Å². The lowest BCUT2D eigenvalue weighted by Crippen LogP contribution is -2.01. The Morgan fingerprint density at radius 3 is 2.47 bits per heavy atom. The third-order valence-electron chi connectivity index (χ3n) is 2.08. The second-order valence-corrected chi connectivity index (χ2v) is 5.43. The lowest BCUT2D eigenvalue weighted by atomic mass is 10.2. The zero-order chi connectivity index (χ0) is 12.8. The molecule has 5 nitrogen and oxygen atoms in total. The summed E-state index contributed by atoms with van der Waals surface area (Å²) in [5.74, 6) is -0.297. The molecule has 0 saturated heterocycles. The predicted octanol–water partition coefficient (Wildman–Crippen LogP) is 2.49. The molecule has 90 valence electrons. The van der Waals surface area contributed by atoms with E-state index in [1.54, 1.807) is 0 Å². The molecule has 2 aromatic rings. The Kier molecular flexibility index (Phi) is 2.90. The molecule has 0 amide bonds. The quantitative estimate of drug-likeness (QED) is 0.789. The zero-order valence-corrected chi connectivity index (χ0v) is 10.4. The second-order valence-electron chi connectivity index (χ2n) is 3.23. The van der Waals surface area contributed by atoms with Crippen molar-refractivity contribution in [3.63, 3.8) is 0 Å². The molecule has 0 aliphatic carbocycles. The SMILES string of the molecule is O=S(=O)(O)c1c(Cl)cc(O)c2ncc(Cl)cc12. The van der Waals surface area contributed by atoms with Gasteiger partial charge in [0.1, 0.15) is 16.2 Å². The van der Waals surface area contributed by atoms with E-state index in [1.807, 2.05) is 0 Å². The van der Waals surface area contributed by atoms with E-state index in [4.69, 9.17) is 27.8 Å². The lowest BCUT2D eigenvalue weighted by molar-refractivity contribution is 0.478. The van der Waals surface area contributed by atoms with E-state index in [2.05, 4.69) is 4.98 Å². The molecule has 0 bridgehead atoms. The maximum Gasteiger partial charge on any atom is 0.296 e. The second kappa shape index (κ2) is 3.99. The monoisotopic (exact) mass is 293 g/mol. The molecule has 8 heteroatoms. The van der Waals surface area contributed by atoms with E-state index in [9.17, 15) is 13.5 Å². The average molecular weight is 294 g/mol. The number of aromatic nitrogens is 1. The van der Waals surface area contributed by atoms with Crippen LogP contribution in [0.2, 0.25) is 10.0 Å². The van der Waals surface area contributed by atoms with Gasteiger partial charge in [-0.2, -0.15) is 8.42 Å². The molecule has 0 radical (unpaired) electrons. The number of aromatic hydroxyl groups is 1. The van der Waals surface area contributed by atoms with Crippen molar-refractivity contribution in [2.45, 2.75) is 4.90 Å². The number of pyridine rings is 1. The predicted molar refractivity (Wildman–Crippen MR) is 63.2 cm³/mol. The fourth-order valence-corrected chi connectivity index (χ4v) is 2.86. The van der Waals surface area contributed by atoms with Crippen LogP contribution in [0, 0.1) is 0 Å². The van der Waals surface area contributed by atoms with Gasteiger partial charge in [-0.25, -0.2) is 0 Å². The number of rotatable bonds is 1. The van der Waals surface area contributed by atoms with E-state index < -0.39 is 15.0 Å². The van der Waals surface area contributed by atoms with Crippen molar-refractivity contribution >= 4 is 44.2 Å². The fraction of sp³-hybridized carbons (Fsp3) is 0. The van der Waals surface area contributed by atoms with E-state index in [1.165, 1.54) is 12.3 Å². The smallest absolute Gasteiger partial charge is 0.296 e. The summed E-state index contributed by atoms with van der Waals surface area (Å²) in [7, 11) is -4.54. The average Bonchev–Trinajstić information content (AvgIpc) is 2.14. The largest absolute Gasteiger partial charge is 0.506 e. The molecule has 1 aromatic carbocycles. The Morgan fingerprint density at radius 2 is 1.88 bits per heavy atom. The highest BCUT2D eigenvalue weighted by atomic mass is 35.5. The van der Waals surface area contributed by atoms with Gasteiger partial charge in [-0.15, -0.1) is 0 Å². The topological polar surface area (TPSA) is 87.5 Å². The molecular formula is C9H5Cl2NO4S. The van der Waals surface area contributed by atoms with Crippen LogP contribution in [0.1, 0.15) is 0 Å². The summed E-state index contributed by atoms with van der Waals surface area (Å²) >= 11 is 11.4. The number of benzene rings is 1. The summed E-state index contributed by atoms with van der Waals surface area (Å²) in [6.45, 7) is 0. The van der Waals surface area contributed by atoms with Crippen LogP contribution in [0.4, 0.5) is 0 Å². The first-order valence-electron chi connectivity index (χ1n) is 4.25. The van der Waals surface area contributed by atoms with Gasteiger partial charge in [-0.05, 0) is 6.07 Å². The van der Waals surface area contributed by atoms with Crippen LogP contribution < -0.4 is 0 Å². The Hall–Kier alpha value is -1.08. The van der Waals surface area contributed by atoms with Crippen LogP contribution in [0.15, 0.2) is 23.2 Å².